The van der Waals surface area contributed by atoms with E-state index in [9.17, 15) is 22.8 Å². The molecule has 9 heteroatoms. The summed E-state index contributed by atoms with van der Waals surface area (Å²) < 4.78 is 42.6. The van der Waals surface area contributed by atoms with Gasteiger partial charge in [0.1, 0.15) is 6.61 Å². The first kappa shape index (κ1) is 18.9. The third-order valence-corrected chi connectivity index (χ3v) is 2.77. The van der Waals surface area contributed by atoms with E-state index < -0.39 is 23.6 Å². The van der Waals surface area contributed by atoms with E-state index in [1.165, 1.54) is 17.6 Å². The number of carbonyl (C=O) groups is 2. The van der Waals surface area contributed by atoms with Gasteiger partial charge in [-0.3, -0.25) is 14.8 Å². The predicted octanol–water partition coefficient (Wildman–Crippen LogP) is 2.34. The molecule has 0 fully saturated rings. The molecule has 1 aromatic carbocycles. The standard InChI is InChI=1S/C14H17F3N2O4/c15-14(16,17)10-4-3-5-11(8-10)18-13(21)9-23-7-2-1-6-12(20)19-22/h3-5,8,22H,1-2,6-7,9H2,(H,18,21)(H,19,20). The predicted molar refractivity (Wildman–Crippen MR) is 74.7 cm³/mol. The summed E-state index contributed by atoms with van der Waals surface area (Å²) in [5, 5.41) is 10.6. The van der Waals surface area contributed by atoms with E-state index >= 15 is 0 Å². The van der Waals surface area contributed by atoms with Gasteiger partial charge in [-0.1, -0.05) is 6.07 Å². The number of hydrogen-bond donors (Lipinski definition) is 3. The summed E-state index contributed by atoms with van der Waals surface area (Å²) in [4.78, 5) is 22.3. The second-order valence-corrected chi connectivity index (χ2v) is 4.67. The molecule has 0 aliphatic rings. The van der Waals surface area contributed by atoms with Crippen molar-refractivity contribution in [3.8, 4) is 0 Å². The lowest BCUT2D eigenvalue weighted by Crippen LogP contribution is -2.20. The van der Waals surface area contributed by atoms with E-state index in [1.54, 1.807) is 0 Å². The number of unbranched alkanes of at least 4 members (excludes halogenated alkanes) is 1. The van der Waals surface area contributed by atoms with Gasteiger partial charge in [0.25, 0.3) is 0 Å². The van der Waals surface area contributed by atoms with Gasteiger partial charge in [0.05, 0.1) is 5.56 Å². The molecule has 0 aliphatic carbocycles. The minimum atomic E-state index is -4.47. The van der Waals surface area contributed by atoms with E-state index in [0.29, 0.717) is 12.8 Å². The summed E-state index contributed by atoms with van der Waals surface area (Å²) >= 11 is 0. The average Bonchev–Trinajstić information content (AvgIpc) is 2.49. The van der Waals surface area contributed by atoms with Gasteiger partial charge in [-0.05, 0) is 31.0 Å². The number of nitrogens with one attached hydrogen (secondary N) is 2. The number of carbonyl (C=O) groups excluding carboxylic acids is 2. The Kier molecular flexibility index (Phi) is 7.49. The Hall–Kier alpha value is -2.13. The Labute approximate surface area is 130 Å². The van der Waals surface area contributed by atoms with Crippen molar-refractivity contribution < 1.29 is 32.7 Å². The first-order valence-corrected chi connectivity index (χ1v) is 6.80. The van der Waals surface area contributed by atoms with Crippen molar-refractivity contribution in [2.24, 2.45) is 0 Å². The van der Waals surface area contributed by atoms with Gasteiger partial charge < -0.3 is 10.1 Å². The van der Waals surface area contributed by atoms with Gasteiger partial charge in [0, 0.05) is 18.7 Å². The van der Waals surface area contributed by atoms with Crippen molar-refractivity contribution in [2.75, 3.05) is 18.5 Å². The molecule has 0 unspecified atom stereocenters. The zero-order valence-corrected chi connectivity index (χ0v) is 12.2. The van der Waals surface area contributed by atoms with Crippen molar-refractivity contribution in [1.82, 2.24) is 5.48 Å². The van der Waals surface area contributed by atoms with E-state index in [2.05, 4.69) is 5.32 Å². The van der Waals surface area contributed by atoms with Gasteiger partial charge in [-0.2, -0.15) is 13.2 Å². The Bertz CT molecular complexity index is 535. The van der Waals surface area contributed by atoms with Gasteiger partial charge in [0.15, 0.2) is 0 Å². The second-order valence-electron chi connectivity index (χ2n) is 4.67. The molecule has 0 heterocycles. The highest BCUT2D eigenvalue weighted by Gasteiger charge is 2.30. The molecular formula is C14H17F3N2O4. The summed E-state index contributed by atoms with van der Waals surface area (Å²) in [6.45, 7) is -0.0861. The Morgan fingerprint density at radius 1 is 1.17 bits per heavy atom. The lowest BCUT2D eigenvalue weighted by Gasteiger charge is -2.10. The smallest absolute Gasteiger partial charge is 0.372 e. The molecule has 0 saturated heterocycles. The number of hydroxylamine groups is 1. The van der Waals surface area contributed by atoms with Gasteiger partial charge in [-0.15, -0.1) is 0 Å². The number of halogens is 3. The number of rotatable bonds is 8. The van der Waals surface area contributed by atoms with Crippen molar-refractivity contribution >= 4 is 17.5 Å². The Balaban J connectivity index is 2.28. The summed E-state index contributed by atoms with van der Waals surface area (Å²) in [5.41, 5.74) is 0.679. The normalized spacial score (nSPS) is 11.1. The molecule has 0 atom stereocenters. The minimum absolute atomic E-state index is 0.0352. The first-order valence-electron chi connectivity index (χ1n) is 6.80. The minimum Gasteiger partial charge on any atom is -0.372 e. The zero-order chi connectivity index (χ0) is 17.3. The number of anilines is 1. The zero-order valence-electron chi connectivity index (χ0n) is 12.2. The van der Waals surface area contributed by atoms with Crippen LogP contribution in [0.2, 0.25) is 0 Å². The van der Waals surface area contributed by atoms with Gasteiger partial charge in [0.2, 0.25) is 11.8 Å². The fourth-order valence-electron chi connectivity index (χ4n) is 1.68. The molecule has 23 heavy (non-hydrogen) atoms. The van der Waals surface area contributed by atoms with Crippen LogP contribution in [0, 0.1) is 0 Å². The summed E-state index contributed by atoms with van der Waals surface area (Å²) in [7, 11) is 0. The molecule has 1 rings (SSSR count). The van der Waals surface area contributed by atoms with Crippen LogP contribution in [-0.2, 0) is 20.5 Å². The van der Waals surface area contributed by atoms with Crippen molar-refractivity contribution in [1.29, 1.82) is 0 Å². The molecule has 0 bridgehead atoms. The molecule has 128 valence electrons. The summed E-state index contributed by atoms with van der Waals surface area (Å²) in [6.07, 6.45) is -3.36. The highest BCUT2D eigenvalue weighted by Crippen LogP contribution is 2.30. The van der Waals surface area contributed by atoms with Crippen LogP contribution in [0.4, 0.5) is 18.9 Å². The number of hydrogen-bond acceptors (Lipinski definition) is 4. The van der Waals surface area contributed by atoms with E-state index in [1.807, 2.05) is 0 Å². The molecule has 0 spiro atoms. The van der Waals surface area contributed by atoms with Crippen molar-refractivity contribution in [3.05, 3.63) is 29.8 Å². The number of amides is 2. The number of ether oxygens (including phenoxy) is 1. The second kappa shape index (κ2) is 9.11. The molecule has 1 aromatic rings. The fourth-order valence-corrected chi connectivity index (χ4v) is 1.68. The molecule has 0 saturated carbocycles. The van der Waals surface area contributed by atoms with Crippen LogP contribution in [0.25, 0.3) is 0 Å². The van der Waals surface area contributed by atoms with Crippen LogP contribution in [0.1, 0.15) is 24.8 Å². The fraction of sp³-hybridized carbons (Fsp3) is 0.429. The molecule has 0 radical (unpaired) electrons. The topological polar surface area (TPSA) is 87.7 Å². The van der Waals surface area contributed by atoms with Crippen LogP contribution in [0.5, 0.6) is 0 Å². The summed E-state index contributed by atoms with van der Waals surface area (Å²) in [5.74, 6) is -1.08. The molecule has 2 amide bonds. The maximum Gasteiger partial charge on any atom is 0.416 e. The Morgan fingerprint density at radius 2 is 1.91 bits per heavy atom. The SMILES string of the molecule is O=C(CCCCOCC(=O)Nc1cccc(C(F)(F)F)c1)NO. The first-order chi connectivity index (χ1) is 10.8. The Morgan fingerprint density at radius 3 is 2.57 bits per heavy atom. The van der Waals surface area contributed by atoms with Crippen molar-refractivity contribution in [2.45, 2.75) is 25.4 Å². The van der Waals surface area contributed by atoms with E-state index in [0.717, 1.165) is 12.1 Å². The van der Waals surface area contributed by atoms with E-state index in [-0.39, 0.29) is 25.3 Å². The highest BCUT2D eigenvalue weighted by atomic mass is 19.4. The molecular weight excluding hydrogens is 317 g/mol. The van der Waals surface area contributed by atoms with Crippen molar-refractivity contribution in [3.63, 3.8) is 0 Å². The maximum atomic E-state index is 12.5. The lowest BCUT2D eigenvalue weighted by atomic mass is 10.2. The average molecular weight is 334 g/mol. The van der Waals surface area contributed by atoms with Crippen LogP contribution in [0.15, 0.2) is 24.3 Å². The lowest BCUT2D eigenvalue weighted by molar-refractivity contribution is -0.137. The number of alkyl halides is 3. The highest BCUT2D eigenvalue weighted by molar-refractivity contribution is 5.91. The summed E-state index contributed by atoms with van der Waals surface area (Å²) in [6, 6.07) is 4.30. The van der Waals surface area contributed by atoms with Crippen LogP contribution < -0.4 is 10.8 Å². The largest absolute Gasteiger partial charge is 0.416 e. The third kappa shape index (κ3) is 7.61. The third-order valence-electron chi connectivity index (χ3n) is 2.77. The quantitative estimate of drug-likeness (QED) is 0.387. The molecule has 0 aliphatic heterocycles. The monoisotopic (exact) mass is 334 g/mol. The van der Waals surface area contributed by atoms with Gasteiger partial charge >= 0.3 is 6.18 Å². The van der Waals surface area contributed by atoms with Crippen LogP contribution >= 0.6 is 0 Å². The number of benzene rings is 1. The maximum absolute atomic E-state index is 12.5. The molecule has 6 nitrogen and oxygen atoms in total. The van der Waals surface area contributed by atoms with Crippen LogP contribution in [-0.4, -0.2) is 30.2 Å². The van der Waals surface area contributed by atoms with Gasteiger partial charge in [-0.25, -0.2) is 5.48 Å². The van der Waals surface area contributed by atoms with E-state index in [4.69, 9.17) is 9.94 Å². The molecule has 3 N–H and O–H groups in total. The van der Waals surface area contributed by atoms with Crippen LogP contribution in [0.3, 0.4) is 0 Å². The molecule has 0 aromatic heterocycles.